The van der Waals surface area contributed by atoms with Crippen LogP contribution in [0.4, 0.5) is 0 Å². The van der Waals surface area contributed by atoms with Gasteiger partial charge in [-0.05, 0) is 42.2 Å². The van der Waals surface area contributed by atoms with E-state index in [1.165, 1.54) is 11.9 Å². The van der Waals surface area contributed by atoms with Gasteiger partial charge in [0.05, 0.1) is 21.7 Å². The maximum atomic E-state index is 12.8. The van der Waals surface area contributed by atoms with Gasteiger partial charge in [0, 0.05) is 18.6 Å². The summed E-state index contributed by atoms with van der Waals surface area (Å²) in [6.07, 6.45) is 1.34. The molecule has 29 heavy (non-hydrogen) atoms. The van der Waals surface area contributed by atoms with Crippen LogP contribution in [0, 0.1) is 0 Å². The maximum Gasteiger partial charge on any atom is 0.289 e. The zero-order valence-electron chi connectivity index (χ0n) is 15.6. The minimum absolute atomic E-state index is 0.000127. The number of aliphatic hydroxyl groups excluding tert-OH is 1. The van der Waals surface area contributed by atoms with Gasteiger partial charge in [0.25, 0.3) is 11.8 Å². The van der Waals surface area contributed by atoms with Crippen molar-refractivity contribution in [3.05, 3.63) is 80.0 Å². The zero-order chi connectivity index (χ0) is 21.1. The second-order valence-corrected chi connectivity index (χ2v) is 7.93. The third kappa shape index (κ3) is 4.53. The Bertz CT molecular complexity index is 991. The molecule has 1 atom stereocenters. The summed E-state index contributed by atoms with van der Waals surface area (Å²) in [5, 5.41) is 14.4. The Balaban J connectivity index is 1.68. The lowest BCUT2D eigenvalue weighted by Crippen LogP contribution is -2.31. The van der Waals surface area contributed by atoms with E-state index in [0.717, 1.165) is 5.56 Å². The molecule has 1 aliphatic rings. The van der Waals surface area contributed by atoms with Crippen LogP contribution >= 0.6 is 34.8 Å². The lowest BCUT2D eigenvalue weighted by Gasteiger charge is -2.23. The van der Waals surface area contributed by atoms with E-state index in [-0.39, 0.29) is 5.57 Å². The minimum atomic E-state index is -0.744. The van der Waals surface area contributed by atoms with Crippen molar-refractivity contribution < 1.29 is 14.7 Å². The van der Waals surface area contributed by atoms with Gasteiger partial charge in [0.2, 0.25) is 0 Å². The van der Waals surface area contributed by atoms with Crippen molar-refractivity contribution in [2.75, 3.05) is 13.6 Å². The number of aryl methyl sites for hydroxylation is 1. The first-order valence-electron chi connectivity index (χ1n) is 8.98. The van der Waals surface area contributed by atoms with Crippen molar-refractivity contribution in [1.29, 1.82) is 0 Å². The van der Waals surface area contributed by atoms with E-state index in [2.05, 4.69) is 5.32 Å². The summed E-state index contributed by atoms with van der Waals surface area (Å²) in [6, 6.07) is 11.6. The number of rotatable bonds is 6. The van der Waals surface area contributed by atoms with E-state index in [1.54, 1.807) is 36.4 Å². The van der Waals surface area contributed by atoms with Gasteiger partial charge in [-0.15, -0.1) is 0 Å². The smallest absolute Gasteiger partial charge is 0.289 e. The SMILES string of the molecule is CN1C(=O)C(O)=C(C(=O)NCCCc2ccc(Cl)c(Cl)c2)C1c1ccccc1Cl. The number of halogens is 3. The third-order valence-corrected chi connectivity index (χ3v) is 5.88. The molecule has 0 fully saturated rings. The number of benzene rings is 2. The minimum Gasteiger partial charge on any atom is -0.503 e. The molecule has 2 aromatic rings. The number of likely N-dealkylation sites (N-methyl/N-ethyl adjacent to an activating group) is 1. The molecule has 0 aliphatic carbocycles. The van der Waals surface area contributed by atoms with Crippen LogP contribution in [0.3, 0.4) is 0 Å². The topological polar surface area (TPSA) is 69.6 Å². The van der Waals surface area contributed by atoms with E-state index in [0.29, 0.717) is 40.0 Å². The Labute approximate surface area is 183 Å². The summed E-state index contributed by atoms with van der Waals surface area (Å²) in [5.74, 6) is -1.67. The van der Waals surface area contributed by atoms with E-state index in [4.69, 9.17) is 34.8 Å². The first-order valence-corrected chi connectivity index (χ1v) is 10.1. The van der Waals surface area contributed by atoms with Gasteiger partial charge in [0.15, 0.2) is 5.76 Å². The average molecular weight is 454 g/mol. The van der Waals surface area contributed by atoms with Gasteiger partial charge >= 0.3 is 0 Å². The summed E-state index contributed by atoms with van der Waals surface area (Å²) < 4.78 is 0. The molecule has 3 rings (SSSR count). The summed E-state index contributed by atoms with van der Waals surface area (Å²) in [4.78, 5) is 26.3. The van der Waals surface area contributed by atoms with Gasteiger partial charge in [-0.3, -0.25) is 9.59 Å². The van der Waals surface area contributed by atoms with E-state index < -0.39 is 23.6 Å². The molecule has 8 heteroatoms. The Morgan fingerprint density at radius 1 is 1.10 bits per heavy atom. The standard InChI is InChI=1S/C21H19Cl3N2O3/c1-26-18(13-6-2-3-7-14(13)22)17(19(27)21(26)29)20(28)25-10-4-5-12-8-9-15(23)16(24)11-12/h2-3,6-9,11,18,27H,4-5,10H2,1H3,(H,25,28). The quantitative estimate of drug-likeness (QED) is 0.622. The van der Waals surface area contributed by atoms with Crippen molar-refractivity contribution in [3.8, 4) is 0 Å². The fourth-order valence-electron chi connectivity index (χ4n) is 3.30. The molecule has 0 saturated carbocycles. The third-order valence-electron chi connectivity index (χ3n) is 4.80. The molecule has 152 valence electrons. The highest BCUT2D eigenvalue weighted by atomic mass is 35.5. The molecule has 0 bridgehead atoms. The molecular weight excluding hydrogens is 435 g/mol. The second-order valence-electron chi connectivity index (χ2n) is 6.71. The summed E-state index contributed by atoms with van der Waals surface area (Å²) >= 11 is 18.2. The second kappa shape index (κ2) is 9.08. The van der Waals surface area contributed by atoms with Crippen molar-refractivity contribution in [2.45, 2.75) is 18.9 Å². The Kier molecular flexibility index (Phi) is 6.73. The molecule has 2 amide bonds. The summed E-state index contributed by atoms with van der Waals surface area (Å²) in [5.41, 5.74) is 1.58. The van der Waals surface area contributed by atoms with Crippen LogP contribution in [-0.2, 0) is 16.0 Å². The highest BCUT2D eigenvalue weighted by molar-refractivity contribution is 6.42. The summed E-state index contributed by atoms with van der Waals surface area (Å²) in [6.45, 7) is 0.364. The Morgan fingerprint density at radius 3 is 2.52 bits per heavy atom. The molecular formula is C21H19Cl3N2O3. The maximum absolute atomic E-state index is 12.8. The van der Waals surface area contributed by atoms with Crippen LogP contribution < -0.4 is 5.32 Å². The molecule has 0 spiro atoms. The number of nitrogens with zero attached hydrogens (tertiary/aromatic N) is 1. The van der Waals surface area contributed by atoms with Crippen LogP contribution in [0.2, 0.25) is 15.1 Å². The number of carbonyl (C=O) groups is 2. The van der Waals surface area contributed by atoms with Gasteiger partial charge in [-0.2, -0.15) is 0 Å². The lowest BCUT2D eigenvalue weighted by atomic mass is 9.98. The molecule has 0 aromatic heterocycles. The zero-order valence-corrected chi connectivity index (χ0v) is 17.9. The van der Waals surface area contributed by atoms with Crippen molar-refractivity contribution in [3.63, 3.8) is 0 Å². The fourth-order valence-corrected chi connectivity index (χ4v) is 3.86. The number of hydrogen-bond acceptors (Lipinski definition) is 3. The van der Waals surface area contributed by atoms with Crippen LogP contribution in [0.5, 0.6) is 0 Å². The molecule has 1 heterocycles. The number of carbonyl (C=O) groups excluding carboxylic acids is 2. The highest BCUT2D eigenvalue weighted by Crippen LogP contribution is 2.38. The molecule has 1 aliphatic heterocycles. The number of hydrogen-bond donors (Lipinski definition) is 2. The van der Waals surface area contributed by atoms with Crippen LogP contribution in [-0.4, -0.2) is 35.4 Å². The molecule has 0 saturated heterocycles. The van der Waals surface area contributed by atoms with Gasteiger partial charge in [-0.1, -0.05) is 59.1 Å². The predicted octanol–water partition coefficient (Wildman–Crippen LogP) is 4.72. The molecule has 0 radical (unpaired) electrons. The lowest BCUT2D eigenvalue weighted by molar-refractivity contribution is -0.128. The first kappa shape index (κ1) is 21.5. The normalized spacial score (nSPS) is 16.5. The molecule has 5 nitrogen and oxygen atoms in total. The van der Waals surface area contributed by atoms with E-state index in [1.807, 2.05) is 6.07 Å². The molecule has 2 N–H and O–H groups in total. The highest BCUT2D eigenvalue weighted by Gasteiger charge is 2.42. The largest absolute Gasteiger partial charge is 0.503 e. The molecule has 2 aromatic carbocycles. The average Bonchev–Trinajstić information content (AvgIpc) is 2.92. The van der Waals surface area contributed by atoms with Crippen LogP contribution in [0.15, 0.2) is 53.8 Å². The van der Waals surface area contributed by atoms with E-state index >= 15 is 0 Å². The monoisotopic (exact) mass is 452 g/mol. The van der Waals surface area contributed by atoms with Gasteiger partial charge in [0.1, 0.15) is 0 Å². The Hall–Kier alpha value is -2.21. The number of aliphatic hydroxyl groups is 1. The predicted molar refractivity (Wildman–Crippen MR) is 114 cm³/mol. The van der Waals surface area contributed by atoms with Gasteiger partial charge in [-0.25, -0.2) is 0 Å². The number of nitrogens with one attached hydrogen (secondary N) is 1. The van der Waals surface area contributed by atoms with Crippen LogP contribution in [0.1, 0.15) is 23.6 Å². The van der Waals surface area contributed by atoms with Crippen molar-refractivity contribution >= 4 is 46.6 Å². The fraction of sp³-hybridized carbons (Fsp3) is 0.238. The van der Waals surface area contributed by atoms with Crippen molar-refractivity contribution in [1.82, 2.24) is 10.2 Å². The van der Waals surface area contributed by atoms with Crippen molar-refractivity contribution in [2.24, 2.45) is 0 Å². The Morgan fingerprint density at radius 2 is 1.83 bits per heavy atom. The van der Waals surface area contributed by atoms with Crippen LogP contribution in [0.25, 0.3) is 0 Å². The summed E-state index contributed by atoms with van der Waals surface area (Å²) in [7, 11) is 1.52. The van der Waals surface area contributed by atoms with E-state index in [9.17, 15) is 14.7 Å². The number of amides is 2. The van der Waals surface area contributed by atoms with Gasteiger partial charge < -0.3 is 15.3 Å². The first-order chi connectivity index (χ1) is 13.8. The molecule has 1 unspecified atom stereocenters.